The van der Waals surface area contributed by atoms with Gasteiger partial charge in [0.05, 0.1) is 0 Å². The van der Waals surface area contributed by atoms with Gasteiger partial charge in [-0.25, -0.2) is 4.39 Å². The van der Waals surface area contributed by atoms with E-state index in [4.69, 9.17) is 17.3 Å². The summed E-state index contributed by atoms with van der Waals surface area (Å²) in [7, 11) is 0. The molecule has 0 radical (unpaired) electrons. The molecule has 3 heteroatoms. The molecule has 0 spiro atoms. The highest BCUT2D eigenvalue weighted by Gasteiger charge is 2.29. The van der Waals surface area contributed by atoms with Crippen molar-refractivity contribution < 1.29 is 4.39 Å². The van der Waals surface area contributed by atoms with E-state index in [1.165, 1.54) is 18.9 Å². The Bertz CT molecular complexity index is 374. The number of benzene rings is 1. The lowest BCUT2D eigenvalue weighted by Gasteiger charge is -2.23. The highest BCUT2D eigenvalue weighted by Crippen LogP contribution is 2.34. The molecule has 2 N–H and O–H groups in total. The molecule has 0 heterocycles. The normalized spacial score (nSPS) is 26.1. The second-order valence-electron chi connectivity index (χ2n) is 5.14. The van der Waals surface area contributed by atoms with Crippen LogP contribution in [0.2, 0.25) is 5.02 Å². The van der Waals surface area contributed by atoms with Crippen molar-refractivity contribution in [3.05, 3.63) is 34.6 Å². The van der Waals surface area contributed by atoms with Crippen molar-refractivity contribution >= 4 is 11.6 Å². The Balaban J connectivity index is 2.10. The highest BCUT2D eigenvalue weighted by atomic mass is 35.5. The average molecular weight is 256 g/mol. The van der Waals surface area contributed by atoms with E-state index in [2.05, 4.69) is 6.92 Å². The maximum Gasteiger partial charge on any atom is 0.127 e. The fraction of sp³-hybridized carbons (Fsp3) is 0.571. The van der Waals surface area contributed by atoms with Crippen LogP contribution < -0.4 is 5.73 Å². The molecular formula is C14H19ClFN. The zero-order valence-corrected chi connectivity index (χ0v) is 10.9. The SMILES string of the molecule is CC1CCCC1C(N)Cc1c(F)cccc1Cl. The van der Waals surface area contributed by atoms with E-state index in [-0.39, 0.29) is 11.9 Å². The van der Waals surface area contributed by atoms with Gasteiger partial charge in [-0.3, -0.25) is 0 Å². The van der Waals surface area contributed by atoms with Crippen molar-refractivity contribution in [1.29, 1.82) is 0 Å². The quantitative estimate of drug-likeness (QED) is 0.874. The molecule has 1 aromatic carbocycles. The molecule has 2 rings (SSSR count). The molecule has 0 aromatic heterocycles. The van der Waals surface area contributed by atoms with Crippen molar-refractivity contribution in [2.24, 2.45) is 17.6 Å². The molecule has 0 aliphatic heterocycles. The second kappa shape index (κ2) is 5.36. The number of rotatable bonds is 3. The zero-order valence-electron chi connectivity index (χ0n) is 10.1. The van der Waals surface area contributed by atoms with Crippen LogP contribution in [0, 0.1) is 17.7 Å². The van der Waals surface area contributed by atoms with Crippen LogP contribution in [0.15, 0.2) is 18.2 Å². The maximum atomic E-state index is 13.7. The average Bonchev–Trinajstić information content (AvgIpc) is 2.70. The first-order valence-electron chi connectivity index (χ1n) is 6.28. The smallest absolute Gasteiger partial charge is 0.127 e. The molecule has 1 saturated carbocycles. The molecular weight excluding hydrogens is 237 g/mol. The summed E-state index contributed by atoms with van der Waals surface area (Å²) in [5.74, 6) is 0.917. The van der Waals surface area contributed by atoms with Crippen molar-refractivity contribution in [2.45, 2.75) is 38.6 Å². The molecule has 1 aliphatic carbocycles. The van der Waals surface area contributed by atoms with Crippen molar-refractivity contribution in [3.8, 4) is 0 Å². The van der Waals surface area contributed by atoms with E-state index < -0.39 is 0 Å². The van der Waals surface area contributed by atoms with Crippen molar-refractivity contribution in [1.82, 2.24) is 0 Å². The van der Waals surface area contributed by atoms with Gasteiger partial charge in [-0.05, 0) is 36.8 Å². The molecule has 0 amide bonds. The minimum absolute atomic E-state index is 0.0156. The molecule has 0 bridgehead atoms. The van der Waals surface area contributed by atoms with Gasteiger partial charge < -0.3 is 5.73 Å². The van der Waals surface area contributed by atoms with Gasteiger partial charge in [-0.15, -0.1) is 0 Å². The summed E-state index contributed by atoms with van der Waals surface area (Å²) in [6, 6.07) is 4.82. The summed E-state index contributed by atoms with van der Waals surface area (Å²) < 4.78 is 13.7. The molecule has 3 unspecified atom stereocenters. The van der Waals surface area contributed by atoms with Crippen LogP contribution in [0.5, 0.6) is 0 Å². The van der Waals surface area contributed by atoms with Gasteiger partial charge in [0.1, 0.15) is 5.82 Å². The summed E-state index contributed by atoms with van der Waals surface area (Å²) in [4.78, 5) is 0. The summed E-state index contributed by atoms with van der Waals surface area (Å²) in [5, 5.41) is 0.492. The minimum atomic E-state index is -0.237. The Hall–Kier alpha value is -0.600. The van der Waals surface area contributed by atoms with Gasteiger partial charge in [0.2, 0.25) is 0 Å². The number of hydrogen-bond donors (Lipinski definition) is 1. The van der Waals surface area contributed by atoms with E-state index in [0.717, 1.165) is 6.42 Å². The van der Waals surface area contributed by atoms with Crippen molar-refractivity contribution in [2.75, 3.05) is 0 Å². The van der Waals surface area contributed by atoms with Crippen LogP contribution in [0.25, 0.3) is 0 Å². The predicted molar refractivity (Wildman–Crippen MR) is 69.6 cm³/mol. The van der Waals surface area contributed by atoms with Gasteiger partial charge in [0.25, 0.3) is 0 Å². The third-order valence-electron chi connectivity index (χ3n) is 3.98. The van der Waals surface area contributed by atoms with Crippen LogP contribution in [0.1, 0.15) is 31.7 Å². The lowest BCUT2D eigenvalue weighted by Crippen LogP contribution is -2.34. The minimum Gasteiger partial charge on any atom is -0.327 e. The Labute approximate surface area is 107 Å². The first kappa shape index (κ1) is 12.8. The monoisotopic (exact) mass is 255 g/mol. The Morgan fingerprint density at radius 3 is 2.82 bits per heavy atom. The Morgan fingerprint density at radius 2 is 2.24 bits per heavy atom. The third-order valence-corrected chi connectivity index (χ3v) is 4.33. The first-order chi connectivity index (χ1) is 8.09. The van der Waals surface area contributed by atoms with Crippen LogP contribution in [-0.2, 0) is 6.42 Å². The van der Waals surface area contributed by atoms with Crippen LogP contribution in [0.3, 0.4) is 0 Å². The molecule has 1 nitrogen and oxygen atoms in total. The van der Waals surface area contributed by atoms with Gasteiger partial charge in [-0.1, -0.05) is 37.4 Å². The van der Waals surface area contributed by atoms with E-state index in [1.807, 2.05) is 0 Å². The van der Waals surface area contributed by atoms with Gasteiger partial charge in [-0.2, -0.15) is 0 Å². The van der Waals surface area contributed by atoms with Gasteiger partial charge in [0.15, 0.2) is 0 Å². The van der Waals surface area contributed by atoms with E-state index >= 15 is 0 Å². The van der Waals surface area contributed by atoms with Crippen molar-refractivity contribution in [3.63, 3.8) is 0 Å². The topological polar surface area (TPSA) is 26.0 Å². The fourth-order valence-corrected chi connectivity index (χ4v) is 3.16. The standard InChI is InChI=1S/C14H19ClFN/c1-9-4-2-5-10(9)14(17)8-11-12(15)6-3-7-13(11)16/h3,6-7,9-10,14H,2,4-5,8,17H2,1H3. The first-order valence-corrected chi connectivity index (χ1v) is 6.66. The molecule has 1 fully saturated rings. The Morgan fingerprint density at radius 1 is 1.47 bits per heavy atom. The van der Waals surface area contributed by atoms with E-state index in [1.54, 1.807) is 12.1 Å². The number of halogens is 2. The number of hydrogen-bond acceptors (Lipinski definition) is 1. The molecule has 3 atom stereocenters. The van der Waals surface area contributed by atoms with Gasteiger partial charge >= 0.3 is 0 Å². The summed E-state index contributed by atoms with van der Waals surface area (Å²) in [6.45, 7) is 2.24. The fourth-order valence-electron chi connectivity index (χ4n) is 2.92. The summed E-state index contributed by atoms with van der Waals surface area (Å²) in [6.07, 6.45) is 4.18. The van der Waals surface area contributed by atoms with Crippen LogP contribution >= 0.6 is 11.6 Å². The molecule has 17 heavy (non-hydrogen) atoms. The number of nitrogens with two attached hydrogens (primary N) is 1. The Kier molecular flexibility index (Phi) is 4.05. The lowest BCUT2D eigenvalue weighted by atomic mass is 9.87. The molecule has 94 valence electrons. The molecule has 1 aliphatic rings. The van der Waals surface area contributed by atoms with Crippen LogP contribution in [-0.4, -0.2) is 6.04 Å². The zero-order chi connectivity index (χ0) is 12.4. The van der Waals surface area contributed by atoms with Gasteiger partial charge in [0, 0.05) is 16.6 Å². The lowest BCUT2D eigenvalue weighted by molar-refractivity contribution is 0.341. The maximum absolute atomic E-state index is 13.7. The highest BCUT2D eigenvalue weighted by molar-refractivity contribution is 6.31. The van der Waals surface area contributed by atoms with E-state index in [0.29, 0.717) is 28.8 Å². The molecule has 1 aromatic rings. The third kappa shape index (κ3) is 2.80. The second-order valence-corrected chi connectivity index (χ2v) is 5.55. The predicted octanol–water partition coefficient (Wildman–Crippen LogP) is 3.79. The summed E-state index contributed by atoms with van der Waals surface area (Å²) >= 11 is 6.02. The van der Waals surface area contributed by atoms with Crippen LogP contribution in [0.4, 0.5) is 4.39 Å². The van der Waals surface area contributed by atoms with E-state index in [9.17, 15) is 4.39 Å². The largest absolute Gasteiger partial charge is 0.327 e. The summed E-state index contributed by atoms with van der Waals surface area (Å²) in [5.41, 5.74) is 6.78. The molecule has 0 saturated heterocycles.